The summed E-state index contributed by atoms with van der Waals surface area (Å²) < 4.78 is 7.92. The third-order valence-electron chi connectivity index (χ3n) is 11.9. The van der Waals surface area contributed by atoms with E-state index in [-0.39, 0.29) is 55.9 Å². The number of nitrogens with zero attached hydrogens (tertiary/aromatic N) is 7. The zero-order chi connectivity index (χ0) is 45.2. The van der Waals surface area contributed by atoms with E-state index in [9.17, 15) is 24.0 Å². The number of hydrogen-bond donors (Lipinski definition) is 2. The summed E-state index contributed by atoms with van der Waals surface area (Å²) in [5.41, 5.74) is 7.73. The van der Waals surface area contributed by atoms with E-state index < -0.39 is 18.0 Å². The number of nitrogens with one attached hydrogen (secondary N) is 2. The summed E-state index contributed by atoms with van der Waals surface area (Å²) in [7, 11) is 0. The zero-order valence-electron chi connectivity index (χ0n) is 36.3. The molecule has 1 fully saturated rings. The molecule has 2 unspecified atom stereocenters. The van der Waals surface area contributed by atoms with Crippen LogP contribution in [0.25, 0.3) is 5.00 Å². The first-order valence-electron chi connectivity index (χ1n) is 21.3. The minimum Gasteiger partial charge on any atom is -0.486 e. The van der Waals surface area contributed by atoms with Gasteiger partial charge in [-0.05, 0) is 107 Å². The van der Waals surface area contributed by atoms with Gasteiger partial charge in [-0.1, -0.05) is 36.2 Å². The topological polar surface area (TPSA) is 190 Å². The molecule has 5 aromatic rings. The van der Waals surface area contributed by atoms with Gasteiger partial charge in [0.05, 0.1) is 23.5 Å². The summed E-state index contributed by atoms with van der Waals surface area (Å²) in [6.07, 6.45) is 3.04. The lowest BCUT2D eigenvalue weighted by atomic mass is 9.99. The number of fused-ring (bicyclic) bond motifs is 4. The summed E-state index contributed by atoms with van der Waals surface area (Å²) in [5, 5.41) is 24.9. The number of amides is 4. The number of Topliss-reactive ketones (excluding diaryl/α,β-unsaturated/α-hetero) is 1. The van der Waals surface area contributed by atoms with E-state index in [2.05, 4.69) is 44.9 Å². The first-order valence-corrected chi connectivity index (χ1v) is 22.5. The lowest BCUT2D eigenvalue weighted by molar-refractivity contribution is -0.137. The van der Waals surface area contributed by atoms with Crippen LogP contribution >= 0.6 is 22.9 Å². The first kappa shape index (κ1) is 44.2. The zero-order valence-corrected chi connectivity index (χ0v) is 37.9. The predicted octanol–water partition coefficient (Wildman–Crippen LogP) is 8.31. The van der Waals surface area contributed by atoms with Crippen LogP contribution in [0.5, 0.6) is 5.75 Å². The molecule has 0 spiro atoms. The van der Waals surface area contributed by atoms with Crippen molar-refractivity contribution in [1.82, 2.24) is 30.3 Å². The molecule has 2 aromatic heterocycles. The first-order chi connectivity index (χ1) is 30.8. The van der Waals surface area contributed by atoms with Gasteiger partial charge in [-0.2, -0.15) is 5.11 Å². The van der Waals surface area contributed by atoms with Crippen LogP contribution in [-0.4, -0.2) is 74.0 Å². The molecule has 3 aliphatic heterocycles. The molecular weight excluding hydrogens is 854 g/mol. The summed E-state index contributed by atoms with van der Waals surface area (Å²) >= 11 is 7.90. The maximum absolute atomic E-state index is 13.4. The van der Waals surface area contributed by atoms with E-state index in [1.165, 1.54) is 9.78 Å². The minimum absolute atomic E-state index is 0.0250. The molecule has 64 heavy (non-hydrogen) atoms. The van der Waals surface area contributed by atoms with E-state index in [1.54, 1.807) is 29.5 Å². The number of ketones is 1. The monoisotopic (exact) mass is 901 g/mol. The molecule has 3 aromatic carbocycles. The number of thiophene rings is 1. The van der Waals surface area contributed by atoms with Gasteiger partial charge in [0.1, 0.15) is 35.3 Å². The number of hydrogen-bond acceptors (Lipinski definition) is 12. The molecule has 8 rings (SSSR count). The van der Waals surface area contributed by atoms with Crippen LogP contribution in [0, 0.1) is 34.6 Å². The van der Waals surface area contributed by atoms with Gasteiger partial charge in [-0.25, -0.2) is 0 Å². The summed E-state index contributed by atoms with van der Waals surface area (Å²) in [5.74, 6) is 0.650. The average Bonchev–Trinajstić information content (AvgIpc) is 3.88. The maximum atomic E-state index is 13.4. The number of azo groups is 1. The molecule has 1 saturated heterocycles. The molecule has 2 N–H and O–H groups in total. The number of unbranched alkanes of at least 4 members (excludes halogenated alkanes) is 2. The Morgan fingerprint density at radius 1 is 0.969 bits per heavy atom. The second-order valence-electron chi connectivity index (χ2n) is 16.4. The van der Waals surface area contributed by atoms with Crippen molar-refractivity contribution in [3.05, 3.63) is 115 Å². The normalized spacial score (nSPS) is 16.9. The van der Waals surface area contributed by atoms with Crippen molar-refractivity contribution in [1.29, 1.82) is 0 Å². The van der Waals surface area contributed by atoms with Gasteiger partial charge in [0, 0.05) is 58.1 Å². The highest BCUT2D eigenvalue weighted by molar-refractivity contribution is 7.15. The van der Waals surface area contributed by atoms with E-state index in [1.807, 2.05) is 61.7 Å². The number of piperidine rings is 1. The van der Waals surface area contributed by atoms with E-state index in [0.717, 1.165) is 50.8 Å². The number of halogens is 1. The molecule has 0 radical (unpaired) electrons. The number of aromatic nitrogens is 3. The second kappa shape index (κ2) is 18.8. The quantitative estimate of drug-likeness (QED) is 0.0596. The van der Waals surface area contributed by atoms with E-state index in [4.69, 9.17) is 21.3 Å². The largest absolute Gasteiger partial charge is 0.486 e. The molecule has 0 aliphatic carbocycles. The van der Waals surface area contributed by atoms with Crippen LogP contribution < -0.4 is 15.4 Å². The second-order valence-corrected chi connectivity index (χ2v) is 18.0. The molecule has 5 heterocycles. The Labute approximate surface area is 379 Å². The minimum atomic E-state index is -0.720. The number of rotatable bonds is 15. The fourth-order valence-corrected chi connectivity index (χ4v) is 9.73. The van der Waals surface area contributed by atoms with Gasteiger partial charge in [0.15, 0.2) is 11.6 Å². The summed E-state index contributed by atoms with van der Waals surface area (Å²) in [6, 6.07) is 15.1. The number of carbonyl (C=O) groups excluding carboxylic acids is 5. The molecule has 0 saturated carbocycles. The van der Waals surface area contributed by atoms with Crippen molar-refractivity contribution < 1.29 is 28.7 Å². The van der Waals surface area contributed by atoms with Crippen molar-refractivity contribution in [2.45, 2.75) is 98.2 Å². The number of aryl methyl sites for hydroxylation is 4. The van der Waals surface area contributed by atoms with Crippen LogP contribution in [-0.2, 0) is 25.7 Å². The van der Waals surface area contributed by atoms with Crippen molar-refractivity contribution in [3.8, 4) is 10.8 Å². The van der Waals surface area contributed by atoms with Crippen molar-refractivity contribution in [3.63, 3.8) is 0 Å². The maximum Gasteiger partial charge on any atom is 0.255 e. The highest BCUT2D eigenvalue weighted by atomic mass is 35.5. The Hall–Kier alpha value is -6.39. The highest BCUT2D eigenvalue weighted by Gasteiger charge is 2.40. The Kier molecular flexibility index (Phi) is 13.0. The number of benzene rings is 3. The summed E-state index contributed by atoms with van der Waals surface area (Å²) in [6.45, 7) is 10.4. The fraction of sp³-hybridized carbons (Fsp3) is 0.362. The standard InChI is InChI=1S/C47H48ClN9O6S/c1-25-20-33(21-26(2)42(25)54-53-36-12-9-11-34-35(36)23-56(46(34)62)38-17-18-39(59)51-45(38)61)63-24-32(58)10-7-6-8-19-49-40(60)22-37-44-55-52-29(5)57(44)47-41(27(3)28(4)64-47)43(50-37)30-13-15-31(48)16-14-30/h9,11-16,20-21,37-38H,6-8,10,17-19,22-24H2,1-5H3,(H,49,60)(H,51,59,61). The number of imide groups is 1. The molecule has 2 atom stereocenters. The van der Waals surface area contributed by atoms with Crippen LogP contribution in [0.1, 0.15) is 111 Å². The third-order valence-corrected chi connectivity index (χ3v) is 13.3. The fourth-order valence-electron chi connectivity index (χ4n) is 8.39. The summed E-state index contributed by atoms with van der Waals surface area (Å²) in [4.78, 5) is 71.4. The lowest BCUT2D eigenvalue weighted by Crippen LogP contribution is -2.52. The average molecular weight is 902 g/mol. The number of carbonyl (C=O) groups is 5. The Balaban J connectivity index is 0.803. The molecule has 3 aliphatic rings. The van der Waals surface area contributed by atoms with Gasteiger partial charge in [-0.15, -0.1) is 26.6 Å². The Morgan fingerprint density at radius 3 is 2.48 bits per heavy atom. The van der Waals surface area contributed by atoms with Crippen LogP contribution in [0.15, 0.2) is 69.8 Å². The smallest absolute Gasteiger partial charge is 0.255 e. The molecule has 17 heteroatoms. The molecular formula is C47H48ClN9O6S. The Morgan fingerprint density at radius 2 is 1.73 bits per heavy atom. The Bertz CT molecular complexity index is 2740. The lowest BCUT2D eigenvalue weighted by Gasteiger charge is -2.29. The third kappa shape index (κ3) is 9.15. The highest BCUT2D eigenvalue weighted by Crippen LogP contribution is 2.40. The molecule has 330 valence electrons. The van der Waals surface area contributed by atoms with Crippen LogP contribution in [0.2, 0.25) is 5.02 Å². The van der Waals surface area contributed by atoms with Crippen molar-refractivity contribution in [2.24, 2.45) is 15.2 Å². The van der Waals surface area contributed by atoms with Crippen molar-refractivity contribution >= 4 is 69.4 Å². The van der Waals surface area contributed by atoms with Crippen LogP contribution in [0.4, 0.5) is 11.4 Å². The van der Waals surface area contributed by atoms with E-state index >= 15 is 0 Å². The number of ether oxygens (including phenoxy) is 1. The van der Waals surface area contributed by atoms with Gasteiger partial charge in [0.25, 0.3) is 5.91 Å². The molecule has 15 nitrogen and oxygen atoms in total. The molecule has 4 amide bonds. The van der Waals surface area contributed by atoms with Gasteiger partial charge in [-0.3, -0.25) is 38.8 Å². The predicted molar refractivity (Wildman–Crippen MR) is 242 cm³/mol. The van der Waals surface area contributed by atoms with Gasteiger partial charge < -0.3 is 15.0 Å². The van der Waals surface area contributed by atoms with Crippen molar-refractivity contribution in [2.75, 3.05) is 13.2 Å². The van der Waals surface area contributed by atoms with Crippen LogP contribution in [0.3, 0.4) is 0 Å². The molecule has 0 bridgehead atoms. The number of aliphatic imine (C=N–C) groups is 1. The SMILES string of the molecule is Cc1cc(OCC(=O)CCCCCNC(=O)CC2N=C(c3ccc(Cl)cc3)c3c(sc(C)c3C)-n3c(C)nnc32)cc(C)c1N=Nc1cccc2c1CN(C1CCC(=O)NC1=O)C2=O. The van der Waals surface area contributed by atoms with Gasteiger partial charge >= 0.3 is 0 Å². The van der Waals surface area contributed by atoms with Gasteiger partial charge in [0.2, 0.25) is 17.7 Å². The van der Waals surface area contributed by atoms with E-state index in [0.29, 0.717) is 64.9 Å².